The van der Waals surface area contributed by atoms with Crippen LogP contribution in [0.15, 0.2) is 46.9 Å². The number of benzene rings is 2. The molecule has 3 rings (SSSR count). The van der Waals surface area contributed by atoms with Gasteiger partial charge < -0.3 is 5.84 Å². The zero-order chi connectivity index (χ0) is 10.4. The van der Waals surface area contributed by atoms with Gasteiger partial charge in [0, 0.05) is 15.2 Å². The predicted molar refractivity (Wildman–Crippen MR) is 67.3 cm³/mol. The van der Waals surface area contributed by atoms with Gasteiger partial charge in [-0.05, 0) is 24.3 Å². The highest BCUT2D eigenvalue weighted by Crippen LogP contribution is 2.29. The number of hydrogen-bond donors (Lipinski definition) is 1. The quantitative estimate of drug-likeness (QED) is 0.618. The van der Waals surface area contributed by atoms with Gasteiger partial charge in [0.2, 0.25) is 0 Å². The molecule has 0 amide bonds. The molecule has 0 aliphatic carbocycles. The summed E-state index contributed by atoms with van der Waals surface area (Å²) in [5, 5.41) is 2.37. The lowest BCUT2D eigenvalue weighted by Gasteiger charge is -1.96. The number of nitrogens with zero attached hydrogens (tertiary/aromatic N) is 1. The van der Waals surface area contributed by atoms with Crippen molar-refractivity contribution in [1.29, 1.82) is 0 Å². The standard InChI is InChI=1S/C12H9BrN2/c13-8-5-6-12-10(7-8)9-3-1-2-4-11(9)15(12)14/h1-7H,14H2. The van der Waals surface area contributed by atoms with Crippen LogP contribution in [0.25, 0.3) is 21.8 Å². The molecule has 2 N–H and O–H groups in total. The van der Waals surface area contributed by atoms with Crippen molar-refractivity contribution in [1.82, 2.24) is 4.68 Å². The minimum absolute atomic E-state index is 1.06. The highest BCUT2D eigenvalue weighted by atomic mass is 79.9. The van der Waals surface area contributed by atoms with Gasteiger partial charge in [-0.1, -0.05) is 34.1 Å². The molecular weight excluding hydrogens is 252 g/mol. The third-order valence-electron chi connectivity index (χ3n) is 2.67. The minimum atomic E-state index is 1.06. The Morgan fingerprint density at radius 2 is 1.67 bits per heavy atom. The number of aromatic nitrogens is 1. The van der Waals surface area contributed by atoms with E-state index in [9.17, 15) is 0 Å². The number of nitrogen functional groups attached to an aromatic ring is 1. The van der Waals surface area contributed by atoms with Crippen LogP contribution in [0.3, 0.4) is 0 Å². The molecule has 0 spiro atoms. The molecule has 1 aromatic heterocycles. The summed E-state index contributed by atoms with van der Waals surface area (Å²) in [6.07, 6.45) is 0. The maximum absolute atomic E-state index is 6.03. The maximum Gasteiger partial charge on any atom is 0.0704 e. The van der Waals surface area contributed by atoms with E-state index in [0.29, 0.717) is 0 Å². The molecule has 3 aromatic rings. The second kappa shape index (κ2) is 3.00. The predicted octanol–water partition coefficient (Wildman–Crippen LogP) is 3.27. The van der Waals surface area contributed by atoms with Gasteiger partial charge in [0.25, 0.3) is 0 Å². The average Bonchev–Trinajstić information content (AvgIpc) is 2.54. The van der Waals surface area contributed by atoms with Gasteiger partial charge in [0.05, 0.1) is 11.0 Å². The monoisotopic (exact) mass is 260 g/mol. The maximum atomic E-state index is 6.03. The molecule has 15 heavy (non-hydrogen) atoms. The SMILES string of the molecule is Nn1c2ccccc2c2cc(Br)ccc21. The second-order valence-electron chi connectivity index (χ2n) is 3.55. The molecule has 1 heterocycles. The molecule has 0 saturated heterocycles. The van der Waals surface area contributed by atoms with Crippen LogP contribution in [0.5, 0.6) is 0 Å². The Labute approximate surface area is 95.4 Å². The molecule has 0 unspecified atom stereocenters. The number of rotatable bonds is 0. The number of halogens is 1. The average molecular weight is 261 g/mol. The van der Waals surface area contributed by atoms with Crippen LogP contribution in [0, 0.1) is 0 Å². The van der Waals surface area contributed by atoms with Crippen molar-refractivity contribution < 1.29 is 0 Å². The van der Waals surface area contributed by atoms with Crippen LogP contribution in [0.2, 0.25) is 0 Å². The lowest BCUT2D eigenvalue weighted by molar-refractivity contribution is 1.12. The first-order valence-corrected chi connectivity index (χ1v) is 5.50. The summed E-state index contributed by atoms with van der Waals surface area (Å²) >= 11 is 3.48. The summed E-state index contributed by atoms with van der Waals surface area (Å²) in [5.74, 6) is 6.03. The van der Waals surface area contributed by atoms with Gasteiger partial charge in [0.15, 0.2) is 0 Å². The van der Waals surface area contributed by atoms with Crippen LogP contribution >= 0.6 is 15.9 Å². The fraction of sp³-hybridized carbons (Fsp3) is 0. The van der Waals surface area contributed by atoms with Gasteiger partial charge in [-0.3, -0.25) is 4.68 Å². The minimum Gasteiger partial charge on any atom is -0.339 e. The molecule has 0 fully saturated rings. The van der Waals surface area contributed by atoms with Crippen molar-refractivity contribution in [3.63, 3.8) is 0 Å². The Kier molecular flexibility index (Phi) is 1.76. The molecule has 3 heteroatoms. The zero-order valence-corrected chi connectivity index (χ0v) is 9.53. The van der Waals surface area contributed by atoms with Crippen molar-refractivity contribution in [2.45, 2.75) is 0 Å². The lowest BCUT2D eigenvalue weighted by Crippen LogP contribution is -2.06. The summed E-state index contributed by atoms with van der Waals surface area (Å²) in [6.45, 7) is 0. The molecule has 0 aliphatic heterocycles. The number of nitrogens with two attached hydrogens (primary N) is 1. The summed E-state index contributed by atoms with van der Waals surface area (Å²) in [6, 6.07) is 14.3. The summed E-state index contributed by atoms with van der Waals surface area (Å²) in [5.41, 5.74) is 2.12. The van der Waals surface area contributed by atoms with Crippen LogP contribution in [0.4, 0.5) is 0 Å². The molecule has 74 valence electrons. The smallest absolute Gasteiger partial charge is 0.0704 e. The van der Waals surface area contributed by atoms with Gasteiger partial charge in [-0.2, -0.15) is 0 Å². The molecule has 0 saturated carbocycles. The van der Waals surface area contributed by atoms with Crippen LogP contribution in [-0.4, -0.2) is 4.68 Å². The Morgan fingerprint density at radius 3 is 2.53 bits per heavy atom. The van der Waals surface area contributed by atoms with Gasteiger partial charge in [-0.15, -0.1) is 0 Å². The summed E-state index contributed by atoms with van der Waals surface area (Å²) in [4.78, 5) is 0. The molecule has 2 nitrogen and oxygen atoms in total. The Morgan fingerprint density at radius 1 is 0.933 bits per heavy atom. The summed E-state index contributed by atoms with van der Waals surface area (Å²) in [7, 11) is 0. The van der Waals surface area contributed by atoms with Crippen LogP contribution < -0.4 is 5.84 Å². The van der Waals surface area contributed by atoms with Gasteiger partial charge in [-0.25, -0.2) is 0 Å². The van der Waals surface area contributed by atoms with E-state index in [4.69, 9.17) is 5.84 Å². The highest BCUT2D eigenvalue weighted by molar-refractivity contribution is 9.10. The fourth-order valence-corrected chi connectivity index (χ4v) is 2.34. The van der Waals surface area contributed by atoms with E-state index in [1.165, 1.54) is 10.8 Å². The third kappa shape index (κ3) is 1.16. The zero-order valence-electron chi connectivity index (χ0n) is 7.94. The second-order valence-corrected chi connectivity index (χ2v) is 4.46. The topological polar surface area (TPSA) is 30.9 Å². The number of hydrogen-bond acceptors (Lipinski definition) is 1. The van der Waals surface area contributed by atoms with E-state index in [2.05, 4.69) is 28.1 Å². The molecule has 0 aliphatic rings. The van der Waals surface area contributed by atoms with E-state index < -0.39 is 0 Å². The van der Waals surface area contributed by atoms with E-state index >= 15 is 0 Å². The van der Waals surface area contributed by atoms with E-state index in [0.717, 1.165) is 15.5 Å². The summed E-state index contributed by atoms with van der Waals surface area (Å²) < 4.78 is 2.81. The first kappa shape index (κ1) is 8.80. The molecule has 0 bridgehead atoms. The van der Waals surface area contributed by atoms with E-state index in [-0.39, 0.29) is 0 Å². The van der Waals surface area contributed by atoms with Crippen LogP contribution in [-0.2, 0) is 0 Å². The van der Waals surface area contributed by atoms with Crippen molar-refractivity contribution in [3.8, 4) is 0 Å². The van der Waals surface area contributed by atoms with Gasteiger partial charge in [0.1, 0.15) is 0 Å². The highest BCUT2D eigenvalue weighted by Gasteiger charge is 2.07. The number of para-hydroxylation sites is 1. The third-order valence-corrected chi connectivity index (χ3v) is 3.17. The van der Waals surface area contributed by atoms with Crippen molar-refractivity contribution in [2.24, 2.45) is 0 Å². The normalized spacial score (nSPS) is 11.3. The van der Waals surface area contributed by atoms with Crippen molar-refractivity contribution in [3.05, 3.63) is 46.9 Å². The Balaban J connectivity index is 2.64. The lowest BCUT2D eigenvalue weighted by atomic mass is 10.2. The number of fused-ring (bicyclic) bond motifs is 3. The molecular formula is C12H9BrN2. The fourth-order valence-electron chi connectivity index (χ4n) is 1.98. The van der Waals surface area contributed by atoms with E-state index in [1.54, 1.807) is 4.68 Å². The molecule has 0 atom stereocenters. The molecule has 0 radical (unpaired) electrons. The Hall–Kier alpha value is -1.48. The van der Waals surface area contributed by atoms with Crippen molar-refractivity contribution in [2.75, 3.05) is 5.84 Å². The van der Waals surface area contributed by atoms with Crippen LogP contribution in [0.1, 0.15) is 0 Å². The molecule has 2 aromatic carbocycles. The largest absolute Gasteiger partial charge is 0.339 e. The van der Waals surface area contributed by atoms with Crippen molar-refractivity contribution >= 4 is 37.7 Å². The first-order chi connectivity index (χ1) is 7.27. The first-order valence-electron chi connectivity index (χ1n) is 4.71. The van der Waals surface area contributed by atoms with Gasteiger partial charge >= 0.3 is 0 Å². The van der Waals surface area contributed by atoms with E-state index in [1.807, 2.05) is 30.3 Å². The Bertz CT molecular complexity index is 655.